The Balaban J connectivity index is 2.47. The molecular formula is C13H14O5. The molecule has 1 aromatic rings. The summed E-state index contributed by atoms with van der Waals surface area (Å²) in [5, 5.41) is 8.97. The Morgan fingerprint density at radius 3 is 2.83 bits per heavy atom. The average molecular weight is 250 g/mol. The van der Waals surface area contributed by atoms with Crippen LogP contribution < -0.4 is 0 Å². The molecule has 5 heteroatoms. The van der Waals surface area contributed by atoms with Gasteiger partial charge in [-0.05, 0) is 20.3 Å². The highest BCUT2D eigenvalue weighted by atomic mass is 16.5. The molecule has 0 aliphatic heterocycles. The molecule has 1 aromatic heterocycles. The maximum atomic E-state index is 12.0. The van der Waals surface area contributed by atoms with Crippen LogP contribution in [0.1, 0.15) is 45.6 Å². The summed E-state index contributed by atoms with van der Waals surface area (Å²) in [6.07, 6.45) is 1.73. The predicted molar refractivity (Wildman–Crippen MR) is 62.8 cm³/mol. The van der Waals surface area contributed by atoms with E-state index in [1.54, 1.807) is 13.8 Å². The molecule has 0 radical (unpaired) electrons. The molecule has 0 saturated heterocycles. The summed E-state index contributed by atoms with van der Waals surface area (Å²) in [5.74, 6) is -0.275. The Kier molecular flexibility index (Phi) is 3.23. The molecular weight excluding hydrogens is 236 g/mol. The van der Waals surface area contributed by atoms with Crippen molar-refractivity contribution in [3.63, 3.8) is 0 Å². The fraction of sp³-hybridized carbons (Fsp3) is 0.385. The van der Waals surface area contributed by atoms with Crippen molar-refractivity contribution in [3.05, 3.63) is 34.5 Å². The number of Topliss-reactive ketones (excluding diaryl/α,β-unsaturated/α-hetero) is 1. The minimum Gasteiger partial charge on any atom is -0.515 e. The van der Waals surface area contributed by atoms with Gasteiger partial charge in [0.15, 0.2) is 5.78 Å². The summed E-state index contributed by atoms with van der Waals surface area (Å²) in [5.41, 5.74) is 1.19. The van der Waals surface area contributed by atoms with Crippen LogP contribution in [0.5, 0.6) is 0 Å². The van der Waals surface area contributed by atoms with Crippen molar-refractivity contribution in [1.82, 2.24) is 0 Å². The second kappa shape index (κ2) is 4.68. The standard InChI is InChI=1S/C13H14O5/c1-3-17-13(16)12-7(2)10-9(18-12)5-4-8(6-14)11(10)15/h6,14H,3-5H2,1-2H3/b8-6-. The number of fused-ring (bicyclic) bond motifs is 1. The van der Waals surface area contributed by atoms with E-state index in [2.05, 4.69) is 0 Å². The van der Waals surface area contributed by atoms with Gasteiger partial charge in [0.1, 0.15) is 5.76 Å². The molecule has 0 spiro atoms. The summed E-state index contributed by atoms with van der Waals surface area (Å²) in [4.78, 5) is 23.7. The largest absolute Gasteiger partial charge is 0.515 e. The molecule has 0 aromatic carbocycles. The third-order valence-electron chi connectivity index (χ3n) is 2.98. The number of rotatable bonds is 2. The lowest BCUT2D eigenvalue weighted by Gasteiger charge is -2.11. The number of hydrogen-bond acceptors (Lipinski definition) is 5. The molecule has 1 heterocycles. The zero-order chi connectivity index (χ0) is 13.3. The van der Waals surface area contributed by atoms with Crippen molar-refractivity contribution in [2.24, 2.45) is 0 Å². The Bertz CT molecular complexity index is 536. The predicted octanol–water partition coefficient (Wildman–Crippen LogP) is 2.34. The number of ketones is 1. The molecule has 0 amide bonds. The molecule has 0 saturated carbocycles. The van der Waals surface area contributed by atoms with Gasteiger partial charge in [0.2, 0.25) is 5.76 Å². The number of furan rings is 1. The van der Waals surface area contributed by atoms with Crippen LogP contribution in [0.15, 0.2) is 16.3 Å². The average Bonchev–Trinajstić information content (AvgIpc) is 2.68. The topological polar surface area (TPSA) is 76.7 Å². The van der Waals surface area contributed by atoms with Crippen LogP contribution in [0.3, 0.4) is 0 Å². The molecule has 1 aliphatic rings. The van der Waals surface area contributed by atoms with Crippen LogP contribution >= 0.6 is 0 Å². The second-order valence-electron chi connectivity index (χ2n) is 4.06. The fourth-order valence-electron chi connectivity index (χ4n) is 2.08. The van der Waals surface area contributed by atoms with Gasteiger partial charge >= 0.3 is 5.97 Å². The second-order valence-corrected chi connectivity index (χ2v) is 4.06. The van der Waals surface area contributed by atoms with Gasteiger partial charge in [0.25, 0.3) is 0 Å². The first kappa shape index (κ1) is 12.4. The van der Waals surface area contributed by atoms with Crippen molar-refractivity contribution < 1.29 is 23.8 Å². The Labute approximate surface area is 104 Å². The van der Waals surface area contributed by atoms with Crippen molar-refractivity contribution in [2.75, 3.05) is 6.61 Å². The molecule has 18 heavy (non-hydrogen) atoms. The number of carbonyl (C=O) groups is 2. The van der Waals surface area contributed by atoms with Crippen molar-refractivity contribution in [3.8, 4) is 0 Å². The normalized spacial score (nSPS) is 16.8. The Morgan fingerprint density at radius 1 is 1.50 bits per heavy atom. The number of aryl methyl sites for hydroxylation is 1. The third kappa shape index (κ3) is 1.81. The maximum Gasteiger partial charge on any atom is 0.374 e. The highest BCUT2D eigenvalue weighted by Gasteiger charge is 2.32. The molecule has 5 nitrogen and oxygen atoms in total. The number of aliphatic hydroxyl groups is 1. The van der Waals surface area contributed by atoms with E-state index in [9.17, 15) is 9.59 Å². The van der Waals surface area contributed by atoms with E-state index in [0.717, 1.165) is 6.26 Å². The van der Waals surface area contributed by atoms with Gasteiger partial charge in [0.05, 0.1) is 18.4 Å². The molecule has 0 unspecified atom stereocenters. The van der Waals surface area contributed by atoms with Gasteiger partial charge < -0.3 is 14.3 Å². The van der Waals surface area contributed by atoms with Crippen molar-refractivity contribution in [1.29, 1.82) is 0 Å². The van der Waals surface area contributed by atoms with Crippen LogP contribution in [0.2, 0.25) is 0 Å². The molecule has 2 rings (SSSR count). The molecule has 1 N–H and O–H groups in total. The van der Waals surface area contributed by atoms with Gasteiger partial charge in [-0.1, -0.05) is 0 Å². The fourth-order valence-corrected chi connectivity index (χ4v) is 2.08. The summed E-state index contributed by atoms with van der Waals surface area (Å²) >= 11 is 0. The zero-order valence-corrected chi connectivity index (χ0v) is 10.3. The van der Waals surface area contributed by atoms with Gasteiger partial charge in [0, 0.05) is 17.6 Å². The summed E-state index contributed by atoms with van der Waals surface area (Å²) in [6, 6.07) is 0. The van der Waals surface area contributed by atoms with E-state index >= 15 is 0 Å². The number of allylic oxidation sites excluding steroid dienone is 1. The van der Waals surface area contributed by atoms with E-state index in [4.69, 9.17) is 14.3 Å². The smallest absolute Gasteiger partial charge is 0.374 e. The maximum absolute atomic E-state index is 12.0. The highest BCUT2D eigenvalue weighted by molar-refractivity contribution is 6.12. The summed E-state index contributed by atoms with van der Waals surface area (Å²) in [7, 11) is 0. The van der Waals surface area contributed by atoms with E-state index in [1.165, 1.54) is 0 Å². The first-order valence-electron chi connectivity index (χ1n) is 5.77. The minimum atomic E-state index is -0.563. The lowest BCUT2D eigenvalue weighted by Crippen LogP contribution is -2.13. The number of ether oxygens (including phenoxy) is 1. The first-order valence-corrected chi connectivity index (χ1v) is 5.77. The number of carbonyl (C=O) groups excluding carboxylic acids is 2. The highest BCUT2D eigenvalue weighted by Crippen LogP contribution is 2.31. The van der Waals surface area contributed by atoms with E-state index in [1.807, 2.05) is 0 Å². The van der Waals surface area contributed by atoms with Crippen LogP contribution in [0.25, 0.3) is 0 Å². The Hall–Kier alpha value is -2.04. The number of esters is 1. The monoisotopic (exact) mass is 250 g/mol. The van der Waals surface area contributed by atoms with Gasteiger partial charge in [-0.3, -0.25) is 4.79 Å². The lowest BCUT2D eigenvalue weighted by molar-refractivity contribution is 0.0486. The summed E-state index contributed by atoms with van der Waals surface area (Å²) in [6.45, 7) is 3.60. The van der Waals surface area contributed by atoms with Gasteiger partial charge in [-0.2, -0.15) is 0 Å². The van der Waals surface area contributed by atoms with Crippen LogP contribution in [0, 0.1) is 6.92 Å². The minimum absolute atomic E-state index is 0.0781. The molecule has 0 bridgehead atoms. The molecule has 0 atom stereocenters. The lowest BCUT2D eigenvalue weighted by atomic mass is 9.90. The van der Waals surface area contributed by atoms with Gasteiger partial charge in [-0.15, -0.1) is 0 Å². The van der Waals surface area contributed by atoms with Gasteiger partial charge in [-0.25, -0.2) is 4.79 Å². The van der Waals surface area contributed by atoms with Crippen LogP contribution in [-0.2, 0) is 11.2 Å². The van der Waals surface area contributed by atoms with E-state index in [-0.39, 0.29) is 18.2 Å². The SMILES string of the molecule is CCOC(=O)c1oc2c(c1C)C(=O)/C(=C\O)CC2. The van der Waals surface area contributed by atoms with Crippen molar-refractivity contribution >= 4 is 11.8 Å². The third-order valence-corrected chi connectivity index (χ3v) is 2.98. The quantitative estimate of drug-likeness (QED) is 0.495. The van der Waals surface area contributed by atoms with Crippen LogP contribution in [-0.4, -0.2) is 23.5 Å². The first-order chi connectivity index (χ1) is 8.60. The number of aliphatic hydroxyl groups excluding tert-OH is 1. The molecule has 0 fully saturated rings. The summed E-state index contributed by atoms with van der Waals surface area (Å²) < 4.78 is 10.3. The molecule has 96 valence electrons. The number of hydrogen-bond donors (Lipinski definition) is 1. The zero-order valence-electron chi connectivity index (χ0n) is 10.3. The van der Waals surface area contributed by atoms with Crippen molar-refractivity contribution in [2.45, 2.75) is 26.7 Å². The Morgan fingerprint density at radius 2 is 2.22 bits per heavy atom. The van der Waals surface area contributed by atoms with E-state index in [0.29, 0.717) is 35.3 Å². The van der Waals surface area contributed by atoms with E-state index < -0.39 is 5.97 Å². The molecule has 1 aliphatic carbocycles. The van der Waals surface area contributed by atoms with Crippen LogP contribution in [0.4, 0.5) is 0 Å².